The first-order valence-corrected chi connectivity index (χ1v) is 9.15. The van der Waals surface area contributed by atoms with E-state index in [1.807, 2.05) is 24.6 Å². The second-order valence-electron chi connectivity index (χ2n) is 6.44. The molecule has 7 heteroatoms. The summed E-state index contributed by atoms with van der Waals surface area (Å²) in [6, 6.07) is 3.84. The molecular formula is C17H24N4O2S. The zero-order valence-corrected chi connectivity index (χ0v) is 15.3. The molecule has 2 amide bonds. The smallest absolute Gasteiger partial charge is 0.320 e. The number of fused-ring (bicyclic) bond motifs is 1. The van der Waals surface area contributed by atoms with Crippen LogP contribution in [0.15, 0.2) is 17.5 Å². The Balaban J connectivity index is 1.62. The molecule has 0 bridgehead atoms. The van der Waals surface area contributed by atoms with Crippen LogP contribution in [0, 0.1) is 6.92 Å². The van der Waals surface area contributed by atoms with E-state index >= 15 is 0 Å². The molecule has 0 aliphatic carbocycles. The summed E-state index contributed by atoms with van der Waals surface area (Å²) in [5.41, 5.74) is 2.21. The van der Waals surface area contributed by atoms with Crippen molar-refractivity contribution in [3.63, 3.8) is 0 Å². The first-order chi connectivity index (χ1) is 11.5. The van der Waals surface area contributed by atoms with Crippen molar-refractivity contribution in [3.05, 3.63) is 33.6 Å². The minimum atomic E-state index is -0.262. The summed E-state index contributed by atoms with van der Waals surface area (Å²) in [7, 11) is 0. The average molecular weight is 348 g/mol. The largest absolute Gasteiger partial charge is 0.371 e. The fourth-order valence-electron chi connectivity index (χ4n) is 3.10. The number of carbonyl (C=O) groups is 1. The zero-order chi connectivity index (χ0) is 17.3. The number of nitrogens with one attached hydrogen (secondary N) is 2. The summed E-state index contributed by atoms with van der Waals surface area (Å²) in [6.45, 7) is 8.76. The number of ether oxygens (including phenoxy) is 1. The third-order valence-corrected chi connectivity index (χ3v) is 5.18. The van der Waals surface area contributed by atoms with Crippen LogP contribution in [0.4, 0.5) is 10.6 Å². The molecule has 0 radical (unpaired) electrons. The summed E-state index contributed by atoms with van der Waals surface area (Å²) >= 11 is 1.75. The summed E-state index contributed by atoms with van der Waals surface area (Å²) in [4.78, 5) is 13.6. The molecule has 0 fully saturated rings. The predicted octanol–water partition coefficient (Wildman–Crippen LogP) is 3.66. The molecule has 3 heterocycles. The number of nitrogens with zero attached hydrogens (tertiary/aromatic N) is 2. The Bertz CT molecular complexity index is 722. The Morgan fingerprint density at radius 2 is 2.25 bits per heavy atom. The summed E-state index contributed by atoms with van der Waals surface area (Å²) in [5, 5.41) is 12.3. The molecule has 0 unspecified atom stereocenters. The standard InChI is InChI=1S/C17H24N4O2S/c1-10(2)21-11(3)9-15(20-21)19-17(22)18-12(4)16-13-6-8-24-14(13)5-7-23-16/h6,8-10,12,16H,5,7H2,1-4H3,(H2,18,19,20,22)/t12-,16-/m1/s1. The fraction of sp³-hybridized carbons (Fsp3) is 0.529. The Morgan fingerprint density at radius 1 is 1.46 bits per heavy atom. The highest BCUT2D eigenvalue weighted by Gasteiger charge is 2.28. The molecular weight excluding hydrogens is 324 g/mol. The maximum absolute atomic E-state index is 12.3. The number of urea groups is 1. The van der Waals surface area contributed by atoms with Crippen LogP contribution in [-0.4, -0.2) is 28.5 Å². The normalized spacial score (nSPS) is 18.3. The van der Waals surface area contributed by atoms with E-state index in [0.717, 1.165) is 12.1 Å². The van der Waals surface area contributed by atoms with Gasteiger partial charge in [0, 0.05) is 29.1 Å². The van der Waals surface area contributed by atoms with Crippen LogP contribution in [0.1, 0.15) is 49.1 Å². The SMILES string of the molecule is Cc1cc(NC(=O)N[C@H](C)[C@H]2OCCc3sccc32)nn1C(C)C. The number of amides is 2. The molecule has 6 nitrogen and oxygen atoms in total. The summed E-state index contributed by atoms with van der Waals surface area (Å²) in [5.74, 6) is 0.562. The van der Waals surface area contributed by atoms with Crippen LogP contribution in [0.2, 0.25) is 0 Å². The van der Waals surface area contributed by atoms with Gasteiger partial charge in [-0.25, -0.2) is 4.79 Å². The predicted molar refractivity (Wildman–Crippen MR) is 95.7 cm³/mol. The second-order valence-corrected chi connectivity index (χ2v) is 7.44. The number of hydrogen-bond acceptors (Lipinski definition) is 4. The molecule has 2 aromatic rings. The van der Waals surface area contributed by atoms with Gasteiger partial charge in [0.25, 0.3) is 0 Å². The number of hydrogen-bond donors (Lipinski definition) is 2. The molecule has 24 heavy (non-hydrogen) atoms. The molecule has 0 saturated carbocycles. The molecule has 2 atom stereocenters. The number of anilines is 1. The number of carbonyl (C=O) groups excluding carboxylic acids is 1. The van der Waals surface area contributed by atoms with Crippen molar-refractivity contribution in [2.75, 3.05) is 11.9 Å². The maximum atomic E-state index is 12.3. The zero-order valence-electron chi connectivity index (χ0n) is 14.5. The lowest BCUT2D eigenvalue weighted by atomic mass is 10.0. The van der Waals surface area contributed by atoms with E-state index in [-0.39, 0.29) is 24.2 Å². The summed E-state index contributed by atoms with van der Waals surface area (Å²) in [6.07, 6.45) is 0.856. The van der Waals surface area contributed by atoms with Crippen molar-refractivity contribution in [3.8, 4) is 0 Å². The van der Waals surface area contributed by atoms with Crippen LogP contribution < -0.4 is 10.6 Å². The van der Waals surface area contributed by atoms with Gasteiger partial charge in [-0.15, -0.1) is 11.3 Å². The van der Waals surface area contributed by atoms with Gasteiger partial charge in [-0.3, -0.25) is 10.00 Å². The van der Waals surface area contributed by atoms with Crippen LogP contribution >= 0.6 is 11.3 Å². The average Bonchev–Trinajstić information content (AvgIpc) is 3.12. The monoisotopic (exact) mass is 348 g/mol. The van der Waals surface area contributed by atoms with Gasteiger partial charge < -0.3 is 10.1 Å². The van der Waals surface area contributed by atoms with Crippen molar-refractivity contribution in [2.24, 2.45) is 0 Å². The van der Waals surface area contributed by atoms with Crippen molar-refractivity contribution in [1.82, 2.24) is 15.1 Å². The molecule has 130 valence electrons. The van der Waals surface area contributed by atoms with E-state index in [1.165, 1.54) is 10.4 Å². The van der Waals surface area contributed by atoms with Crippen molar-refractivity contribution < 1.29 is 9.53 Å². The van der Waals surface area contributed by atoms with Crippen LogP contribution in [0.25, 0.3) is 0 Å². The molecule has 0 saturated heterocycles. The Kier molecular flexibility index (Phi) is 4.91. The van der Waals surface area contributed by atoms with Crippen LogP contribution in [-0.2, 0) is 11.2 Å². The summed E-state index contributed by atoms with van der Waals surface area (Å²) < 4.78 is 7.76. The highest BCUT2D eigenvalue weighted by molar-refractivity contribution is 7.10. The lowest BCUT2D eigenvalue weighted by Crippen LogP contribution is -2.41. The highest BCUT2D eigenvalue weighted by atomic mass is 32.1. The molecule has 1 aliphatic rings. The molecule has 0 aromatic carbocycles. The quantitative estimate of drug-likeness (QED) is 0.886. The van der Waals surface area contributed by atoms with Crippen LogP contribution in [0.3, 0.4) is 0 Å². The molecule has 3 rings (SSSR count). The van der Waals surface area contributed by atoms with Gasteiger partial charge in [0.15, 0.2) is 5.82 Å². The van der Waals surface area contributed by atoms with E-state index < -0.39 is 0 Å². The molecule has 2 aromatic heterocycles. The minimum Gasteiger partial charge on any atom is -0.371 e. The number of rotatable bonds is 4. The third-order valence-electron chi connectivity index (χ3n) is 4.18. The molecule has 2 N–H and O–H groups in total. The number of aromatic nitrogens is 2. The van der Waals surface area contributed by atoms with Gasteiger partial charge >= 0.3 is 6.03 Å². The van der Waals surface area contributed by atoms with Crippen molar-refractivity contribution in [2.45, 2.75) is 52.3 Å². The Labute approximate surface area is 146 Å². The van der Waals surface area contributed by atoms with Gasteiger partial charge in [-0.2, -0.15) is 5.10 Å². The Morgan fingerprint density at radius 3 is 2.96 bits per heavy atom. The van der Waals surface area contributed by atoms with Gasteiger partial charge in [-0.05, 0) is 44.7 Å². The first kappa shape index (κ1) is 17.0. The number of aryl methyl sites for hydroxylation is 1. The van der Waals surface area contributed by atoms with Gasteiger partial charge in [-0.1, -0.05) is 0 Å². The molecule has 0 spiro atoms. The van der Waals surface area contributed by atoms with Gasteiger partial charge in [0.05, 0.1) is 12.6 Å². The lowest BCUT2D eigenvalue weighted by molar-refractivity contribution is 0.0238. The highest BCUT2D eigenvalue weighted by Crippen LogP contribution is 2.33. The third kappa shape index (κ3) is 3.47. The maximum Gasteiger partial charge on any atom is 0.320 e. The minimum absolute atomic E-state index is 0.0966. The van der Waals surface area contributed by atoms with Crippen molar-refractivity contribution >= 4 is 23.2 Å². The second kappa shape index (κ2) is 6.94. The van der Waals surface area contributed by atoms with E-state index in [1.54, 1.807) is 11.3 Å². The topological polar surface area (TPSA) is 68.2 Å². The first-order valence-electron chi connectivity index (χ1n) is 8.27. The van der Waals surface area contributed by atoms with Crippen LogP contribution in [0.5, 0.6) is 0 Å². The van der Waals surface area contributed by atoms with Gasteiger partial charge in [0.2, 0.25) is 0 Å². The lowest BCUT2D eigenvalue weighted by Gasteiger charge is -2.29. The van der Waals surface area contributed by atoms with Crippen molar-refractivity contribution in [1.29, 1.82) is 0 Å². The number of thiophene rings is 1. The van der Waals surface area contributed by atoms with E-state index in [2.05, 4.69) is 41.0 Å². The van der Waals surface area contributed by atoms with E-state index in [9.17, 15) is 4.79 Å². The fourth-order valence-corrected chi connectivity index (χ4v) is 4.00. The Hall–Kier alpha value is -1.86. The van der Waals surface area contributed by atoms with E-state index in [4.69, 9.17) is 4.74 Å². The van der Waals surface area contributed by atoms with Gasteiger partial charge in [0.1, 0.15) is 6.10 Å². The van der Waals surface area contributed by atoms with E-state index in [0.29, 0.717) is 12.4 Å². The molecule has 1 aliphatic heterocycles.